The second kappa shape index (κ2) is 6.43. The van der Waals surface area contributed by atoms with Crippen LogP contribution in [0.3, 0.4) is 0 Å². The molecule has 1 fully saturated rings. The van der Waals surface area contributed by atoms with Gasteiger partial charge in [-0.2, -0.15) is 0 Å². The molecule has 21 heavy (non-hydrogen) atoms. The summed E-state index contributed by atoms with van der Waals surface area (Å²) in [5.74, 6) is 6.36. The predicted molar refractivity (Wildman–Crippen MR) is 85.1 cm³/mol. The lowest BCUT2D eigenvalue weighted by atomic mass is 9.96. The highest BCUT2D eigenvalue weighted by Crippen LogP contribution is 2.26. The smallest absolute Gasteiger partial charge is 0.254 e. The summed E-state index contributed by atoms with van der Waals surface area (Å²) in [6, 6.07) is 4.20. The molecule has 5 nitrogen and oxygen atoms in total. The first-order chi connectivity index (χ1) is 9.93. The van der Waals surface area contributed by atoms with E-state index in [2.05, 4.69) is 38.1 Å². The number of likely N-dealkylation sites (tertiary alicyclic amines) is 1. The van der Waals surface area contributed by atoms with E-state index in [1.165, 1.54) is 6.42 Å². The quantitative estimate of drug-likeness (QED) is 0.663. The van der Waals surface area contributed by atoms with Crippen LogP contribution in [0.5, 0.6) is 0 Å². The van der Waals surface area contributed by atoms with Crippen molar-refractivity contribution in [3.63, 3.8) is 0 Å². The molecule has 116 valence electrons. The molecule has 1 aromatic rings. The Labute approximate surface area is 126 Å². The molecule has 0 aromatic carbocycles. The number of rotatable bonds is 3. The summed E-state index contributed by atoms with van der Waals surface area (Å²) >= 11 is 0. The Morgan fingerprint density at radius 2 is 1.95 bits per heavy atom. The molecular weight excluding hydrogens is 264 g/mol. The maximum Gasteiger partial charge on any atom is 0.254 e. The van der Waals surface area contributed by atoms with Crippen molar-refractivity contribution < 1.29 is 4.79 Å². The van der Waals surface area contributed by atoms with Crippen LogP contribution in [0.15, 0.2) is 12.1 Å². The number of hydrazine groups is 1. The number of aromatic nitrogens is 1. The van der Waals surface area contributed by atoms with Crippen molar-refractivity contribution in [3.8, 4) is 0 Å². The van der Waals surface area contributed by atoms with Gasteiger partial charge in [0, 0.05) is 23.3 Å². The first kappa shape index (κ1) is 15.8. The molecule has 3 N–H and O–H groups in total. The van der Waals surface area contributed by atoms with Crippen LogP contribution in [0, 0.1) is 0 Å². The topological polar surface area (TPSA) is 71.2 Å². The molecule has 5 heteroatoms. The summed E-state index contributed by atoms with van der Waals surface area (Å²) in [5, 5.41) is 0. The number of hydrogen-bond donors (Lipinski definition) is 2. The third-order valence-corrected chi connectivity index (χ3v) is 4.26. The minimum atomic E-state index is 0.0792. The minimum absolute atomic E-state index is 0.0792. The van der Waals surface area contributed by atoms with E-state index in [0.29, 0.717) is 11.4 Å². The maximum absolute atomic E-state index is 12.9. The summed E-state index contributed by atoms with van der Waals surface area (Å²) in [5.41, 5.74) is 4.11. The zero-order chi connectivity index (χ0) is 15.6. The van der Waals surface area contributed by atoms with Crippen LogP contribution in [0.4, 0.5) is 5.82 Å². The van der Waals surface area contributed by atoms with Crippen molar-refractivity contribution in [2.24, 2.45) is 5.84 Å². The average Bonchev–Trinajstić information content (AvgIpc) is 2.46. The number of pyridine rings is 1. The van der Waals surface area contributed by atoms with Gasteiger partial charge in [-0.3, -0.25) is 4.79 Å². The molecule has 2 unspecified atom stereocenters. The third-order valence-electron chi connectivity index (χ3n) is 4.26. The zero-order valence-corrected chi connectivity index (χ0v) is 13.4. The van der Waals surface area contributed by atoms with E-state index in [4.69, 9.17) is 5.84 Å². The second-order valence-electron chi connectivity index (χ2n) is 6.31. The third kappa shape index (κ3) is 3.35. The number of nitrogen functional groups attached to an aromatic ring is 1. The Morgan fingerprint density at radius 1 is 1.33 bits per heavy atom. The minimum Gasteiger partial charge on any atom is -0.333 e. The van der Waals surface area contributed by atoms with Crippen molar-refractivity contribution in [1.29, 1.82) is 0 Å². The van der Waals surface area contributed by atoms with Gasteiger partial charge in [-0.25, -0.2) is 10.8 Å². The van der Waals surface area contributed by atoms with E-state index in [9.17, 15) is 4.79 Å². The molecule has 0 aliphatic carbocycles. The molecular formula is C16H26N4O. The number of piperidine rings is 1. The number of nitrogens with one attached hydrogen (secondary N) is 1. The normalized spacial score (nSPS) is 22.5. The molecule has 0 spiro atoms. The number of nitrogens with zero attached hydrogens (tertiary/aromatic N) is 2. The first-order valence-corrected chi connectivity index (χ1v) is 7.75. The van der Waals surface area contributed by atoms with Crippen LogP contribution in [0.1, 0.15) is 68.9 Å². The van der Waals surface area contributed by atoms with Crippen molar-refractivity contribution in [2.75, 3.05) is 5.43 Å². The number of amides is 1. The number of carbonyl (C=O) groups is 1. The molecule has 2 atom stereocenters. The average molecular weight is 290 g/mol. The Morgan fingerprint density at radius 3 is 2.48 bits per heavy atom. The van der Waals surface area contributed by atoms with E-state index in [1.54, 1.807) is 6.07 Å². The fourth-order valence-corrected chi connectivity index (χ4v) is 3.02. The fraction of sp³-hybridized carbons (Fsp3) is 0.625. The lowest BCUT2D eigenvalue weighted by Gasteiger charge is -2.39. The largest absolute Gasteiger partial charge is 0.333 e. The van der Waals surface area contributed by atoms with Crippen molar-refractivity contribution >= 4 is 11.7 Å². The van der Waals surface area contributed by atoms with Gasteiger partial charge in [0.15, 0.2) is 0 Å². The monoisotopic (exact) mass is 290 g/mol. The van der Waals surface area contributed by atoms with E-state index in [1.807, 2.05) is 11.0 Å². The van der Waals surface area contributed by atoms with Gasteiger partial charge in [-0.15, -0.1) is 0 Å². The molecule has 1 saturated heterocycles. The second-order valence-corrected chi connectivity index (χ2v) is 6.31. The summed E-state index contributed by atoms with van der Waals surface area (Å²) in [6.07, 6.45) is 3.33. The van der Waals surface area contributed by atoms with Gasteiger partial charge in [0.05, 0.1) is 0 Å². The Kier molecular flexibility index (Phi) is 4.83. The molecule has 1 amide bonds. The van der Waals surface area contributed by atoms with E-state index in [0.717, 1.165) is 18.5 Å². The first-order valence-electron chi connectivity index (χ1n) is 7.75. The molecule has 0 saturated carbocycles. The van der Waals surface area contributed by atoms with E-state index in [-0.39, 0.29) is 23.9 Å². The van der Waals surface area contributed by atoms with Crippen molar-refractivity contribution in [2.45, 2.75) is 65.0 Å². The van der Waals surface area contributed by atoms with Gasteiger partial charge >= 0.3 is 0 Å². The Bertz CT molecular complexity index is 505. The predicted octanol–water partition coefficient (Wildman–Crippen LogP) is 2.89. The summed E-state index contributed by atoms with van der Waals surface area (Å²) in [4.78, 5) is 19.3. The van der Waals surface area contributed by atoms with Gasteiger partial charge in [-0.1, -0.05) is 13.8 Å². The lowest BCUT2D eigenvalue weighted by molar-refractivity contribution is 0.0510. The van der Waals surface area contributed by atoms with Crippen LogP contribution in [-0.4, -0.2) is 27.9 Å². The number of anilines is 1. The maximum atomic E-state index is 12.9. The number of nitrogens with two attached hydrogens (primary N) is 1. The van der Waals surface area contributed by atoms with Crippen molar-refractivity contribution in [1.82, 2.24) is 9.88 Å². The van der Waals surface area contributed by atoms with E-state index >= 15 is 0 Å². The van der Waals surface area contributed by atoms with Crippen LogP contribution in [0.25, 0.3) is 0 Å². The van der Waals surface area contributed by atoms with Crippen LogP contribution < -0.4 is 11.3 Å². The van der Waals surface area contributed by atoms with Crippen LogP contribution >= 0.6 is 0 Å². The molecule has 2 rings (SSSR count). The van der Waals surface area contributed by atoms with Gasteiger partial charge in [0.1, 0.15) is 5.82 Å². The summed E-state index contributed by atoms with van der Waals surface area (Å²) < 4.78 is 0. The van der Waals surface area contributed by atoms with Crippen LogP contribution in [0.2, 0.25) is 0 Å². The molecule has 2 heterocycles. The summed E-state index contributed by atoms with van der Waals surface area (Å²) in [7, 11) is 0. The highest BCUT2D eigenvalue weighted by molar-refractivity contribution is 5.95. The molecule has 1 aliphatic heterocycles. The molecule has 1 aromatic heterocycles. The molecule has 0 bridgehead atoms. The summed E-state index contributed by atoms with van der Waals surface area (Å²) in [6.45, 7) is 8.37. The standard InChI is InChI=1S/C16H26N4O/c1-10(2)14-8-13(9-15(18-14)19-17)16(21)20-11(3)6-5-7-12(20)4/h8-12H,5-7,17H2,1-4H3,(H,18,19). The Balaban J connectivity index is 2.35. The molecule has 1 aliphatic rings. The fourth-order valence-electron chi connectivity index (χ4n) is 3.02. The van der Waals surface area contributed by atoms with Gasteiger partial charge in [0.2, 0.25) is 0 Å². The van der Waals surface area contributed by atoms with Gasteiger partial charge in [-0.05, 0) is 51.2 Å². The van der Waals surface area contributed by atoms with Crippen LogP contribution in [-0.2, 0) is 0 Å². The van der Waals surface area contributed by atoms with Crippen molar-refractivity contribution in [3.05, 3.63) is 23.4 Å². The van der Waals surface area contributed by atoms with Gasteiger partial charge < -0.3 is 10.3 Å². The number of hydrogen-bond acceptors (Lipinski definition) is 4. The zero-order valence-electron chi connectivity index (χ0n) is 13.4. The molecule has 0 radical (unpaired) electrons. The lowest BCUT2D eigenvalue weighted by Crippen LogP contribution is -2.47. The number of carbonyl (C=O) groups excluding carboxylic acids is 1. The highest BCUT2D eigenvalue weighted by Gasteiger charge is 2.30. The van der Waals surface area contributed by atoms with E-state index < -0.39 is 0 Å². The van der Waals surface area contributed by atoms with Gasteiger partial charge in [0.25, 0.3) is 5.91 Å². The highest BCUT2D eigenvalue weighted by atomic mass is 16.2. The SMILES string of the molecule is CC(C)c1cc(C(=O)N2C(C)CCCC2C)cc(NN)n1. The Hall–Kier alpha value is -1.62.